The second-order valence-electron chi connectivity index (χ2n) is 3.18. The molecule has 1 aromatic carbocycles. The van der Waals surface area contributed by atoms with Gasteiger partial charge in [-0.15, -0.1) is 0 Å². The number of anilines is 1. The fraction of sp³-hybridized carbons (Fsp3) is 0.200. The molecule has 15 heavy (non-hydrogen) atoms. The Hall–Kier alpha value is -1.91. The number of halogens is 1. The summed E-state index contributed by atoms with van der Waals surface area (Å²) in [7, 11) is 1.59. The fourth-order valence-corrected chi connectivity index (χ4v) is 1.21. The highest BCUT2D eigenvalue weighted by atomic mass is 19.1. The molecule has 0 saturated heterocycles. The van der Waals surface area contributed by atoms with Crippen LogP contribution < -0.4 is 10.6 Å². The third kappa shape index (κ3) is 3.05. The van der Waals surface area contributed by atoms with Crippen molar-refractivity contribution in [2.75, 3.05) is 18.5 Å². The molecule has 80 valence electrons. The van der Waals surface area contributed by atoms with Crippen molar-refractivity contribution in [3.63, 3.8) is 0 Å². The minimum atomic E-state index is -0.522. The number of hydrogen-bond acceptors (Lipinski definition) is 3. The maximum absolute atomic E-state index is 13.0. The van der Waals surface area contributed by atoms with Crippen molar-refractivity contribution < 1.29 is 14.0 Å². The van der Waals surface area contributed by atoms with E-state index in [1.165, 1.54) is 17.0 Å². The first-order valence-corrected chi connectivity index (χ1v) is 4.28. The number of hydrogen-bond donors (Lipinski definition) is 1. The average molecular weight is 210 g/mol. The van der Waals surface area contributed by atoms with E-state index in [0.29, 0.717) is 12.0 Å². The van der Waals surface area contributed by atoms with Crippen LogP contribution in [0.15, 0.2) is 18.2 Å². The molecule has 0 atom stereocenters. The summed E-state index contributed by atoms with van der Waals surface area (Å²) in [5.74, 6) is -1.04. The van der Waals surface area contributed by atoms with Gasteiger partial charge in [0.15, 0.2) is 0 Å². The first-order valence-electron chi connectivity index (χ1n) is 4.28. The third-order valence-electron chi connectivity index (χ3n) is 1.87. The molecule has 1 rings (SSSR count). The third-order valence-corrected chi connectivity index (χ3v) is 1.87. The number of carbonyl (C=O) groups is 2. The van der Waals surface area contributed by atoms with Crippen molar-refractivity contribution in [3.8, 4) is 0 Å². The molecule has 0 fully saturated rings. The number of rotatable bonds is 4. The summed E-state index contributed by atoms with van der Waals surface area (Å²) < 4.78 is 13.0. The monoisotopic (exact) mass is 210 g/mol. The normalized spacial score (nSPS) is 9.73. The van der Waals surface area contributed by atoms with Crippen LogP contribution in [0.5, 0.6) is 0 Å². The van der Waals surface area contributed by atoms with E-state index >= 15 is 0 Å². The molecule has 0 bridgehead atoms. The van der Waals surface area contributed by atoms with E-state index in [1.807, 2.05) is 0 Å². The lowest BCUT2D eigenvalue weighted by Gasteiger charge is -2.17. The lowest BCUT2D eigenvalue weighted by molar-refractivity contribution is -0.116. The molecule has 5 heteroatoms. The van der Waals surface area contributed by atoms with Crippen LogP contribution >= 0.6 is 0 Å². The van der Waals surface area contributed by atoms with Crippen molar-refractivity contribution in [1.29, 1.82) is 0 Å². The maximum atomic E-state index is 13.0. The molecular weight excluding hydrogens is 199 g/mol. The van der Waals surface area contributed by atoms with E-state index in [9.17, 15) is 14.0 Å². The van der Waals surface area contributed by atoms with Gasteiger partial charge in [0.25, 0.3) is 0 Å². The average Bonchev–Trinajstić information content (AvgIpc) is 2.15. The van der Waals surface area contributed by atoms with Gasteiger partial charge in [-0.2, -0.15) is 0 Å². The lowest BCUT2D eigenvalue weighted by atomic mass is 10.2. The zero-order valence-corrected chi connectivity index (χ0v) is 8.24. The highest BCUT2D eigenvalue weighted by Gasteiger charge is 2.07. The molecule has 0 aliphatic carbocycles. The van der Waals surface area contributed by atoms with Gasteiger partial charge >= 0.3 is 0 Å². The molecule has 2 N–H and O–H groups in total. The second kappa shape index (κ2) is 4.54. The molecular formula is C10H11FN2O2. The molecule has 0 aromatic heterocycles. The minimum absolute atomic E-state index is 0.0260. The topological polar surface area (TPSA) is 63.4 Å². The lowest BCUT2D eigenvalue weighted by Crippen LogP contribution is -2.30. The Morgan fingerprint density at radius 3 is 2.73 bits per heavy atom. The van der Waals surface area contributed by atoms with E-state index in [2.05, 4.69) is 0 Å². The number of primary amides is 1. The largest absolute Gasteiger partial charge is 0.368 e. The number of nitrogens with zero attached hydrogens (tertiary/aromatic N) is 1. The number of carbonyl (C=O) groups excluding carboxylic acids is 2. The van der Waals surface area contributed by atoms with Crippen LogP contribution in [0.1, 0.15) is 10.4 Å². The molecule has 1 aromatic rings. The fourth-order valence-electron chi connectivity index (χ4n) is 1.21. The van der Waals surface area contributed by atoms with Crippen LogP contribution in [-0.2, 0) is 4.79 Å². The maximum Gasteiger partial charge on any atom is 0.236 e. The van der Waals surface area contributed by atoms with Crippen molar-refractivity contribution in [3.05, 3.63) is 29.6 Å². The summed E-state index contributed by atoms with van der Waals surface area (Å²) in [5, 5.41) is 0. The highest BCUT2D eigenvalue weighted by Crippen LogP contribution is 2.16. The molecule has 4 nitrogen and oxygen atoms in total. The number of benzene rings is 1. The predicted molar refractivity (Wildman–Crippen MR) is 54.3 cm³/mol. The summed E-state index contributed by atoms with van der Waals surface area (Å²) in [6.45, 7) is -0.0260. The molecule has 0 aliphatic heterocycles. The Kier molecular flexibility index (Phi) is 3.38. The first kappa shape index (κ1) is 11.2. The van der Waals surface area contributed by atoms with Gasteiger partial charge in [0, 0.05) is 18.3 Å². The van der Waals surface area contributed by atoms with Gasteiger partial charge < -0.3 is 10.6 Å². The predicted octanol–water partition coefficient (Wildman–Crippen LogP) is 0.560. The quantitative estimate of drug-likeness (QED) is 0.738. The Bertz CT molecular complexity index is 393. The SMILES string of the molecule is CN(CC(N)=O)c1cc(F)cc(C=O)c1. The van der Waals surface area contributed by atoms with Gasteiger partial charge in [-0.05, 0) is 18.2 Å². The standard InChI is InChI=1S/C10H11FN2O2/c1-13(5-10(12)15)9-3-7(6-14)2-8(11)4-9/h2-4,6H,5H2,1H3,(H2,12,15). The first-order chi connectivity index (χ1) is 7.02. The van der Waals surface area contributed by atoms with E-state index in [1.54, 1.807) is 7.05 Å². The molecule has 0 saturated carbocycles. The summed E-state index contributed by atoms with van der Waals surface area (Å²) in [6.07, 6.45) is 0.546. The molecule has 0 heterocycles. The van der Waals surface area contributed by atoms with Crippen LogP contribution in [0, 0.1) is 5.82 Å². The number of likely N-dealkylation sites (N-methyl/N-ethyl adjacent to an activating group) is 1. The van der Waals surface area contributed by atoms with E-state index in [-0.39, 0.29) is 12.1 Å². The summed E-state index contributed by atoms with van der Waals surface area (Å²) in [5.41, 5.74) is 5.66. The van der Waals surface area contributed by atoms with Gasteiger partial charge in [0.1, 0.15) is 12.1 Å². The van der Waals surface area contributed by atoms with Crippen molar-refractivity contribution in [1.82, 2.24) is 0 Å². The Morgan fingerprint density at radius 1 is 1.53 bits per heavy atom. The second-order valence-corrected chi connectivity index (χ2v) is 3.18. The number of aldehydes is 1. The zero-order chi connectivity index (χ0) is 11.4. The van der Waals surface area contributed by atoms with Gasteiger partial charge in [0.2, 0.25) is 5.91 Å². The molecule has 0 radical (unpaired) electrons. The van der Waals surface area contributed by atoms with Gasteiger partial charge in [-0.25, -0.2) is 4.39 Å². The van der Waals surface area contributed by atoms with Crippen LogP contribution in [-0.4, -0.2) is 25.8 Å². The number of amides is 1. The van der Waals surface area contributed by atoms with E-state index in [4.69, 9.17) is 5.73 Å². The zero-order valence-electron chi connectivity index (χ0n) is 8.24. The van der Waals surface area contributed by atoms with Crippen molar-refractivity contribution in [2.45, 2.75) is 0 Å². The van der Waals surface area contributed by atoms with Gasteiger partial charge in [0.05, 0.1) is 6.54 Å². The smallest absolute Gasteiger partial charge is 0.236 e. The van der Waals surface area contributed by atoms with E-state index < -0.39 is 11.7 Å². The number of nitrogens with two attached hydrogens (primary N) is 1. The van der Waals surface area contributed by atoms with Crippen LogP contribution in [0.25, 0.3) is 0 Å². The van der Waals surface area contributed by atoms with Gasteiger partial charge in [-0.3, -0.25) is 9.59 Å². The minimum Gasteiger partial charge on any atom is -0.368 e. The molecule has 0 spiro atoms. The van der Waals surface area contributed by atoms with Crippen LogP contribution in [0.2, 0.25) is 0 Å². The molecule has 0 aliphatic rings. The summed E-state index contributed by atoms with van der Waals surface area (Å²) >= 11 is 0. The van der Waals surface area contributed by atoms with Crippen molar-refractivity contribution >= 4 is 17.9 Å². The van der Waals surface area contributed by atoms with Crippen LogP contribution in [0.4, 0.5) is 10.1 Å². The van der Waals surface area contributed by atoms with Crippen molar-refractivity contribution in [2.24, 2.45) is 5.73 Å². The van der Waals surface area contributed by atoms with Crippen LogP contribution in [0.3, 0.4) is 0 Å². The highest BCUT2D eigenvalue weighted by molar-refractivity contribution is 5.81. The van der Waals surface area contributed by atoms with E-state index in [0.717, 1.165) is 6.07 Å². The molecule has 0 unspecified atom stereocenters. The molecule has 1 amide bonds. The summed E-state index contributed by atoms with van der Waals surface area (Å²) in [6, 6.07) is 3.84. The Balaban J connectivity index is 2.97. The Morgan fingerprint density at radius 2 is 2.20 bits per heavy atom. The summed E-state index contributed by atoms with van der Waals surface area (Å²) in [4.78, 5) is 22.6. The Labute approximate surface area is 86.5 Å². The van der Waals surface area contributed by atoms with Gasteiger partial charge in [-0.1, -0.05) is 0 Å².